The summed E-state index contributed by atoms with van der Waals surface area (Å²) >= 11 is 6.07. The minimum atomic E-state index is -0.261. The first-order valence-corrected chi connectivity index (χ1v) is 12.2. The first-order chi connectivity index (χ1) is 18.1. The number of carbonyl (C=O) groups is 2. The standard InChI is InChI=1S/C28H24ClN5O3/c29-21-12-10-20(11-13-21)27-24(37-28(33-27)34-18-32-22-8-4-5-9-23(22)34)14-15-25(35)31-17-26(36)30-16-19-6-2-1-3-7-19/h1-13,18H,14-17H2,(H,30,36)(H,31,35). The van der Waals surface area contributed by atoms with Crippen molar-refractivity contribution in [2.24, 2.45) is 0 Å². The molecule has 2 N–H and O–H groups in total. The number of aryl methyl sites for hydroxylation is 1. The van der Waals surface area contributed by atoms with E-state index in [-0.39, 0.29) is 24.8 Å². The zero-order chi connectivity index (χ0) is 25.6. The van der Waals surface area contributed by atoms with E-state index in [1.54, 1.807) is 23.0 Å². The van der Waals surface area contributed by atoms with Crippen molar-refractivity contribution < 1.29 is 14.0 Å². The van der Waals surface area contributed by atoms with Gasteiger partial charge in [-0.2, -0.15) is 4.98 Å². The normalized spacial score (nSPS) is 10.9. The number of fused-ring (bicyclic) bond motifs is 1. The summed E-state index contributed by atoms with van der Waals surface area (Å²) in [6, 6.07) is 24.9. The molecule has 0 saturated carbocycles. The Morgan fingerprint density at radius 3 is 2.46 bits per heavy atom. The summed E-state index contributed by atoms with van der Waals surface area (Å²) < 4.78 is 7.91. The van der Waals surface area contributed by atoms with Gasteiger partial charge in [0.05, 0.1) is 17.6 Å². The van der Waals surface area contributed by atoms with Crippen molar-refractivity contribution in [3.05, 3.63) is 102 Å². The van der Waals surface area contributed by atoms with E-state index in [0.29, 0.717) is 35.5 Å². The van der Waals surface area contributed by atoms with Gasteiger partial charge in [-0.3, -0.25) is 14.2 Å². The second kappa shape index (κ2) is 11.1. The smallest absolute Gasteiger partial charge is 0.308 e. The Kier molecular flexibility index (Phi) is 7.28. The minimum Gasteiger partial charge on any atom is -0.427 e. The van der Waals surface area contributed by atoms with E-state index in [2.05, 4.69) is 15.6 Å². The van der Waals surface area contributed by atoms with Crippen molar-refractivity contribution >= 4 is 34.4 Å². The molecule has 0 bridgehead atoms. The van der Waals surface area contributed by atoms with Crippen LogP contribution in [0, 0.1) is 0 Å². The summed E-state index contributed by atoms with van der Waals surface area (Å²) in [6.45, 7) is 0.308. The number of hydrogen-bond donors (Lipinski definition) is 2. The van der Waals surface area contributed by atoms with Crippen LogP contribution in [0.15, 0.2) is 89.6 Å². The van der Waals surface area contributed by atoms with E-state index in [0.717, 1.165) is 22.2 Å². The van der Waals surface area contributed by atoms with Crippen molar-refractivity contribution in [3.8, 4) is 17.3 Å². The molecule has 0 aliphatic carbocycles. The van der Waals surface area contributed by atoms with E-state index >= 15 is 0 Å². The Balaban J connectivity index is 1.27. The average molecular weight is 514 g/mol. The summed E-state index contributed by atoms with van der Waals surface area (Å²) in [5, 5.41) is 6.07. The zero-order valence-electron chi connectivity index (χ0n) is 19.9. The average Bonchev–Trinajstić information content (AvgIpc) is 3.55. The van der Waals surface area contributed by atoms with Gasteiger partial charge in [0.1, 0.15) is 17.8 Å². The van der Waals surface area contributed by atoms with Crippen LogP contribution in [-0.4, -0.2) is 32.9 Å². The van der Waals surface area contributed by atoms with Crippen LogP contribution in [0.3, 0.4) is 0 Å². The van der Waals surface area contributed by atoms with Gasteiger partial charge >= 0.3 is 6.01 Å². The summed E-state index contributed by atoms with van der Waals surface area (Å²) in [5.74, 6) is 0.0368. The highest BCUT2D eigenvalue weighted by molar-refractivity contribution is 6.30. The maximum absolute atomic E-state index is 12.5. The number of imidazole rings is 1. The maximum Gasteiger partial charge on any atom is 0.308 e. The second-order valence-corrected chi connectivity index (χ2v) is 8.85. The number of halogens is 1. The number of nitrogens with one attached hydrogen (secondary N) is 2. The number of aromatic nitrogens is 3. The maximum atomic E-state index is 12.5. The molecule has 0 spiro atoms. The van der Waals surface area contributed by atoms with Crippen molar-refractivity contribution in [2.75, 3.05) is 6.54 Å². The molecular weight excluding hydrogens is 490 g/mol. The second-order valence-electron chi connectivity index (χ2n) is 8.42. The molecule has 0 fully saturated rings. The largest absolute Gasteiger partial charge is 0.427 e. The Morgan fingerprint density at radius 1 is 0.892 bits per heavy atom. The van der Waals surface area contributed by atoms with Crippen molar-refractivity contribution in [1.82, 2.24) is 25.2 Å². The van der Waals surface area contributed by atoms with E-state index < -0.39 is 0 Å². The van der Waals surface area contributed by atoms with Crippen LogP contribution < -0.4 is 10.6 Å². The van der Waals surface area contributed by atoms with Crippen molar-refractivity contribution in [2.45, 2.75) is 19.4 Å². The number of nitrogens with zero attached hydrogens (tertiary/aromatic N) is 3. The molecule has 9 heteroatoms. The molecule has 0 saturated heterocycles. The predicted octanol–water partition coefficient (Wildman–Crippen LogP) is 4.70. The van der Waals surface area contributed by atoms with Crippen LogP contribution in [0.25, 0.3) is 28.3 Å². The molecule has 0 unspecified atom stereocenters. The molecule has 37 heavy (non-hydrogen) atoms. The predicted molar refractivity (Wildman–Crippen MR) is 141 cm³/mol. The molecule has 3 aromatic carbocycles. The highest BCUT2D eigenvalue weighted by Gasteiger charge is 2.19. The molecule has 2 aromatic heterocycles. The van der Waals surface area contributed by atoms with Crippen LogP contribution in [0.1, 0.15) is 17.7 Å². The first kappa shape index (κ1) is 24.3. The van der Waals surface area contributed by atoms with E-state index in [1.807, 2.05) is 66.7 Å². The topological polar surface area (TPSA) is 102 Å². The molecule has 5 rings (SSSR count). The van der Waals surface area contributed by atoms with E-state index in [4.69, 9.17) is 21.0 Å². The lowest BCUT2D eigenvalue weighted by molar-refractivity contribution is -0.126. The van der Waals surface area contributed by atoms with Gasteiger partial charge in [-0.25, -0.2) is 4.98 Å². The number of rotatable bonds is 9. The molecule has 0 radical (unpaired) electrons. The van der Waals surface area contributed by atoms with Crippen molar-refractivity contribution in [3.63, 3.8) is 0 Å². The molecule has 5 aromatic rings. The van der Waals surface area contributed by atoms with Gasteiger partial charge in [0.15, 0.2) is 0 Å². The third-order valence-corrected chi connectivity index (χ3v) is 6.07. The molecule has 0 aliphatic rings. The lowest BCUT2D eigenvalue weighted by Crippen LogP contribution is -2.36. The Morgan fingerprint density at radius 2 is 1.65 bits per heavy atom. The molecule has 2 heterocycles. The zero-order valence-corrected chi connectivity index (χ0v) is 20.6. The van der Waals surface area contributed by atoms with Crippen LogP contribution in [0.5, 0.6) is 0 Å². The van der Waals surface area contributed by atoms with Crippen LogP contribution >= 0.6 is 11.6 Å². The van der Waals surface area contributed by atoms with Crippen LogP contribution in [-0.2, 0) is 22.6 Å². The quantitative estimate of drug-likeness (QED) is 0.297. The molecule has 0 aliphatic heterocycles. The van der Waals surface area contributed by atoms with Crippen molar-refractivity contribution in [1.29, 1.82) is 0 Å². The molecule has 186 valence electrons. The third-order valence-electron chi connectivity index (χ3n) is 5.82. The number of benzene rings is 3. The monoisotopic (exact) mass is 513 g/mol. The Labute approximate surface area is 218 Å². The number of oxazole rings is 1. The summed E-state index contributed by atoms with van der Waals surface area (Å²) in [6.07, 6.45) is 2.09. The van der Waals surface area contributed by atoms with Gasteiger partial charge in [-0.05, 0) is 29.8 Å². The minimum absolute atomic E-state index is 0.0988. The van der Waals surface area contributed by atoms with Gasteiger partial charge in [-0.1, -0.05) is 66.2 Å². The van der Waals surface area contributed by atoms with Gasteiger partial charge in [0.2, 0.25) is 11.8 Å². The summed E-state index contributed by atoms with van der Waals surface area (Å²) in [7, 11) is 0. The number of carbonyl (C=O) groups excluding carboxylic acids is 2. The number of hydrogen-bond acceptors (Lipinski definition) is 5. The molecular formula is C28H24ClN5O3. The summed E-state index contributed by atoms with van der Waals surface area (Å²) in [5.41, 5.74) is 4.11. The van der Waals surface area contributed by atoms with Crippen LogP contribution in [0.4, 0.5) is 0 Å². The highest BCUT2D eigenvalue weighted by Crippen LogP contribution is 2.29. The summed E-state index contributed by atoms with van der Waals surface area (Å²) in [4.78, 5) is 33.8. The number of para-hydroxylation sites is 2. The number of amides is 2. The lowest BCUT2D eigenvalue weighted by atomic mass is 10.1. The third kappa shape index (κ3) is 5.87. The van der Waals surface area contributed by atoms with Crippen LogP contribution in [0.2, 0.25) is 5.02 Å². The fourth-order valence-electron chi connectivity index (χ4n) is 3.91. The first-order valence-electron chi connectivity index (χ1n) is 11.8. The molecule has 0 atom stereocenters. The van der Waals surface area contributed by atoms with E-state index in [1.165, 1.54) is 0 Å². The molecule has 8 nitrogen and oxygen atoms in total. The van der Waals surface area contributed by atoms with E-state index in [9.17, 15) is 9.59 Å². The van der Waals surface area contributed by atoms with Gasteiger partial charge in [0, 0.05) is 30.0 Å². The van der Waals surface area contributed by atoms with Gasteiger partial charge < -0.3 is 15.1 Å². The Hall–Kier alpha value is -4.43. The fourth-order valence-corrected chi connectivity index (χ4v) is 4.04. The lowest BCUT2D eigenvalue weighted by Gasteiger charge is -2.07. The van der Waals surface area contributed by atoms with Gasteiger partial charge in [-0.15, -0.1) is 0 Å². The van der Waals surface area contributed by atoms with Gasteiger partial charge in [0.25, 0.3) is 0 Å². The molecule has 2 amide bonds. The Bertz CT molecular complexity index is 1530. The highest BCUT2D eigenvalue weighted by atomic mass is 35.5. The fraction of sp³-hybridized carbons (Fsp3) is 0.143. The SMILES string of the molecule is O=C(CCc1oc(-n2cnc3ccccc32)nc1-c1ccc(Cl)cc1)NCC(=O)NCc1ccccc1.